The highest BCUT2D eigenvalue weighted by Crippen LogP contribution is 2.30. The molecule has 2 heterocycles. The third kappa shape index (κ3) is 3.45. The number of rotatable bonds is 5. The maximum atomic E-state index is 14.4. The van der Waals surface area contributed by atoms with Crippen LogP contribution in [0.15, 0.2) is 30.2 Å². The summed E-state index contributed by atoms with van der Waals surface area (Å²) >= 11 is 12.1. The molecule has 1 aliphatic rings. The number of benzene rings is 1. The van der Waals surface area contributed by atoms with E-state index in [1.807, 2.05) is 6.07 Å². The van der Waals surface area contributed by atoms with Crippen molar-refractivity contribution in [2.75, 3.05) is 13.2 Å². The van der Waals surface area contributed by atoms with Crippen LogP contribution in [0.25, 0.3) is 5.57 Å². The number of ether oxygens (including phenoxy) is 1. The second-order valence-corrected chi connectivity index (χ2v) is 6.13. The van der Waals surface area contributed by atoms with Gasteiger partial charge in [-0.2, -0.15) is 5.10 Å². The number of halogens is 3. The van der Waals surface area contributed by atoms with Gasteiger partial charge in [0.2, 0.25) is 6.41 Å². The number of hydrogen-bond donors (Lipinski definition) is 1. The highest BCUT2D eigenvalue weighted by molar-refractivity contribution is 6.35. The molecular formula is C16H14Cl2FN3O2. The Labute approximate surface area is 148 Å². The summed E-state index contributed by atoms with van der Waals surface area (Å²) < 4.78 is 21.5. The lowest BCUT2D eigenvalue weighted by atomic mass is 10.1. The number of fused-ring (bicyclic) bond motifs is 1. The fourth-order valence-electron chi connectivity index (χ4n) is 2.59. The van der Waals surface area contributed by atoms with E-state index in [2.05, 4.69) is 10.4 Å². The van der Waals surface area contributed by atoms with E-state index in [4.69, 9.17) is 27.9 Å². The first kappa shape index (κ1) is 17.0. The molecule has 8 heteroatoms. The second kappa shape index (κ2) is 7.34. The summed E-state index contributed by atoms with van der Waals surface area (Å²) in [5.74, 6) is -0.452. The molecule has 0 unspecified atom stereocenters. The van der Waals surface area contributed by atoms with Crippen molar-refractivity contribution in [2.24, 2.45) is 0 Å². The molecule has 1 amide bonds. The van der Waals surface area contributed by atoms with E-state index >= 15 is 0 Å². The number of nitrogens with one attached hydrogen (secondary N) is 1. The van der Waals surface area contributed by atoms with Gasteiger partial charge in [-0.3, -0.25) is 9.48 Å². The topological polar surface area (TPSA) is 56.1 Å². The first-order chi connectivity index (χ1) is 11.6. The van der Waals surface area contributed by atoms with E-state index in [0.29, 0.717) is 40.9 Å². The van der Waals surface area contributed by atoms with Gasteiger partial charge in [-0.25, -0.2) is 4.39 Å². The molecule has 2 aromatic rings. The molecule has 1 N–H and O–H groups in total. The summed E-state index contributed by atoms with van der Waals surface area (Å²) in [6, 6.07) is 5.21. The Bertz CT molecular complexity index is 805. The average molecular weight is 370 g/mol. The number of nitrogens with zero attached hydrogens (tertiary/aromatic N) is 2. The van der Waals surface area contributed by atoms with Crippen LogP contribution >= 0.6 is 23.2 Å². The van der Waals surface area contributed by atoms with E-state index in [0.717, 1.165) is 11.1 Å². The smallest absolute Gasteiger partial charge is 0.207 e. The Kier molecular flexibility index (Phi) is 5.18. The molecule has 0 radical (unpaired) electrons. The van der Waals surface area contributed by atoms with E-state index < -0.39 is 5.83 Å². The normalized spacial score (nSPS) is 15.8. The molecule has 0 saturated carbocycles. The van der Waals surface area contributed by atoms with E-state index in [-0.39, 0.29) is 13.2 Å². The summed E-state index contributed by atoms with van der Waals surface area (Å²) in [6.45, 7) is 0.679. The van der Waals surface area contributed by atoms with Crippen LogP contribution in [0.1, 0.15) is 16.8 Å². The lowest BCUT2D eigenvalue weighted by Crippen LogP contribution is -2.19. The van der Waals surface area contributed by atoms with Crippen LogP contribution < -0.4 is 5.32 Å². The standard InChI is InChI=1S/C16H14Cl2FN3O2/c17-12-2-1-10(14(18)3-12)6-22-16-11(4-21-22)7-24-8-13(16)15(19)5-20-9-23/h1-4,9H,5-8H2,(H,20,23)/b15-13-. The summed E-state index contributed by atoms with van der Waals surface area (Å²) in [6.07, 6.45) is 2.11. The van der Waals surface area contributed by atoms with Crippen LogP contribution in [-0.4, -0.2) is 29.3 Å². The lowest BCUT2D eigenvalue weighted by molar-refractivity contribution is -0.109. The van der Waals surface area contributed by atoms with Gasteiger partial charge >= 0.3 is 0 Å². The maximum Gasteiger partial charge on any atom is 0.207 e. The van der Waals surface area contributed by atoms with Crippen molar-refractivity contribution in [1.29, 1.82) is 0 Å². The third-order valence-corrected chi connectivity index (χ3v) is 4.30. The van der Waals surface area contributed by atoms with Gasteiger partial charge < -0.3 is 10.1 Å². The molecule has 0 aliphatic carbocycles. The number of aromatic nitrogens is 2. The molecule has 1 aromatic heterocycles. The van der Waals surface area contributed by atoms with E-state index in [1.54, 1.807) is 23.0 Å². The zero-order valence-electron chi connectivity index (χ0n) is 12.6. The molecule has 0 saturated heterocycles. The number of carbonyl (C=O) groups excluding carboxylic acids is 1. The molecule has 5 nitrogen and oxygen atoms in total. The van der Waals surface area contributed by atoms with Crippen molar-refractivity contribution in [3.63, 3.8) is 0 Å². The van der Waals surface area contributed by atoms with Crippen molar-refractivity contribution in [1.82, 2.24) is 15.1 Å². The SMILES string of the molecule is O=CNC/C(F)=C1\COCc2cnn(Cc3ccc(Cl)cc3Cl)c21. The fraction of sp³-hybridized carbons (Fsp3) is 0.250. The van der Waals surface area contributed by atoms with E-state index in [1.165, 1.54) is 0 Å². The van der Waals surface area contributed by atoms with Crippen molar-refractivity contribution in [3.8, 4) is 0 Å². The molecule has 3 rings (SSSR count). The van der Waals surface area contributed by atoms with Crippen LogP contribution in [-0.2, 0) is 22.7 Å². The molecule has 0 bridgehead atoms. The molecular weight excluding hydrogens is 356 g/mol. The van der Waals surface area contributed by atoms with Crippen LogP contribution in [0.3, 0.4) is 0 Å². The number of hydrogen-bond acceptors (Lipinski definition) is 3. The third-order valence-electron chi connectivity index (χ3n) is 3.71. The minimum atomic E-state index is -0.452. The van der Waals surface area contributed by atoms with Gasteiger partial charge in [0, 0.05) is 21.2 Å². The summed E-state index contributed by atoms with van der Waals surface area (Å²) in [5.41, 5.74) is 2.66. The zero-order valence-corrected chi connectivity index (χ0v) is 14.1. The average Bonchev–Trinajstić information content (AvgIpc) is 2.98. The van der Waals surface area contributed by atoms with Gasteiger partial charge in [0.15, 0.2) is 0 Å². The van der Waals surface area contributed by atoms with Crippen molar-refractivity contribution in [2.45, 2.75) is 13.2 Å². The quantitative estimate of drug-likeness (QED) is 0.823. The Morgan fingerprint density at radius 3 is 3.00 bits per heavy atom. The molecule has 1 aromatic carbocycles. The fourth-order valence-corrected chi connectivity index (χ4v) is 3.05. The van der Waals surface area contributed by atoms with Crippen molar-refractivity contribution >= 4 is 35.2 Å². The summed E-state index contributed by atoms with van der Waals surface area (Å²) in [7, 11) is 0. The van der Waals surface area contributed by atoms with Crippen LogP contribution in [0.5, 0.6) is 0 Å². The van der Waals surface area contributed by atoms with Crippen LogP contribution in [0, 0.1) is 0 Å². The minimum absolute atomic E-state index is 0.124. The number of carbonyl (C=O) groups is 1. The Balaban J connectivity index is 1.97. The van der Waals surface area contributed by atoms with Gasteiger partial charge in [-0.1, -0.05) is 29.3 Å². The first-order valence-electron chi connectivity index (χ1n) is 7.21. The highest BCUT2D eigenvalue weighted by atomic mass is 35.5. The Morgan fingerprint density at radius 2 is 2.25 bits per heavy atom. The monoisotopic (exact) mass is 369 g/mol. The van der Waals surface area contributed by atoms with E-state index in [9.17, 15) is 9.18 Å². The molecule has 0 spiro atoms. The van der Waals surface area contributed by atoms with Gasteiger partial charge in [0.25, 0.3) is 0 Å². The van der Waals surface area contributed by atoms with Gasteiger partial charge in [-0.05, 0) is 17.7 Å². The molecule has 0 fully saturated rings. The molecule has 24 heavy (non-hydrogen) atoms. The van der Waals surface area contributed by atoms with Crippen LogP contribution in [0.2, 0.25) is 10.0 Å². The zero-order chi connectivity index (χ0) is 17.1. The number of amides is 1. The summed E-state index contributed by atoms with van der Waals surface area (Å²) in [4.78, 5) is 10.4. The Hall–Kier alpha value is -1.89. The second-order valence-electron chi connectivity index (χ2n) is 5.29. The molecule has 0 atom stereocenters. The van der Waals surface area contributed by atoms with Crippen molar-refractivity contribution in [3.05, 3.63) is 57.1 Å². The van der Waals surface area contributed by atoms with Crippen LogP contribution in [0.4, 0.5) is 4.39 Å². The van der Waals surface area contributed by atoms with Crippen molar-refractivity contribution < 1.29 is 13.9 Å². The summed E-state index contributed by atoms with van der Waals surface area (Å²) in [5, 5.41) is 7.71. The van der Waals surface area contributed by atoms with Gasteiger partial charge in [0.05, 0.1) is 38.2 Å². The minimum Gasteiger partial charge on any atom is -0.372 e. The molecule has 126 valence electrons. The largest absolute Gasteiger partial charge is 0.372 e. The predicted molar refractivity (Wildman–Crippen MR) is 89.5 cm³/mol. The lowest BCUT2D eigenvalue weighted by Gasteiger charge is -2.19. The van der Waals surface area contributed by atoms with Gasteiger partial charge in [0.1, 0.15) is 5.83 Å². The Morgan fingerprint density at radius 1 is 1.42 bits per heavy atom. The first-order valence-corrected chi connectivity index (χ1v) is 7.97. The predicted octanol–water partition coefficient (Wildman–Crippen LogP) is 3.20. The highest BCUT2D eigenvalue weighted by Gasteiger charge is 2.24. The maximum absolute atomic E-state index is 14.4. The van der Waals surface area contributed by atoms with Gasteiger partial charge in [-0.15, -0.1) is 0 Å². The molecule has 1 aliphatic heterocycles.